The maximum Gasteiger partial charge on any atom is 0.252 e. The van der Waals surface area contributed by atoms with E-state index >= 15 is 0 Å². The Morgan fingerprint density at radius 1 is 0.697 bits per heavy atom. The molecule has 2 unspecified atom stereocenters. The van der Waals surface area contributed by atoms with Gasteiger partial charge in [-0.05, 0) is 54.0 Å². The molecule has 0 aliphatic heterocycles. The minimum absolute atomic E-state index is 0.200. The van der Waals surface area contributed by atoms with Crippen LogP contribution in [0.2, 0.25) is 0 Å². The molecule has 0 fully saturated rings. The molecule has 0 heterocycles. The van der Waals surface area contributed by atoms with Gasteiger partial charge in [-0.1, -0.05) is 60.7 Å². The van der Waals surface area contributed by atoms with Crippen molar-refractivity contribution in [2.45, 2.75) is 30.6 Å². The fraction of sp³-hybridized carbons (Fsp3) is 0.185. The maximum atomic E-state index is 12.4. The fourth-order valence-corrected chi connectivity index (χ4v) is 3.81. The molecule has 168 valence electrons. The smallest absolute Gasteiger partial charge is 0.252 e. The monoisotopic (exact) mass is 440 g/mol. The largest absolute Gasteiger partial charge is 0.330 e. The summed E-state index contributed by atoms with van der Waals surface area (Å²) in [4.78, 5) is 24.9. The van der Waals surface area contributed by atoms with E-state index in [0.29, 0.717) is 24.0 Å². The Morgan fingerprint density at radius 2 is 1.09 bits per heavy atom. The lowest BCUT2D eigenvalue weighted by Gasteiger charge is -2.30. The second-order valence-corrected chi connectivity index (χ2v) is 8.53. The van der Waals surface area contributed by atoms with Gasteiger partial charge in [-0.25, -0.2) is 0 Å². The average Bonchev–Trinajstić information content (AvgIpc) is 2.83. The maximum absolute atomic E-state index is 12.4. The van der Waals surface area contributed by atoms with Gasteiger partial charge in [-0.15, -0.1) is 0 Å². The number of allylic oxidation sites excluding steroid dienone is 4. The van der Waals surface area contributed by atoms with Crippen molar-refractivity contribution in [1.82, 2.24) is 10.6 Å². The van der Waals surface area contributed by atoms with E-state index in [1.165, 1.54) is 0 Å². The topological polar surface area (TPSA) is 110 Å². The van der Waals surface area contributed by atoms with E-state index in [0.717, 1.165) is 17.6 Å². The van der Waals surface area contributed by atoms with Gasteiger partial charge in [-0.3, -0.25) is 9.59 Å². The summed E-state index contributed by atoms with van der Waals surface area (Å²) in [5.41, 5.74) is 14.3. The number of hydrogen-bond donors (Lipinski definition) is 4. The van der Waals surface area contributed by atoms with Crippen LogP contribution in [0, 0.1) is 0 Å². The van der Waals surface area contributed by atoms with E-state index in [-0.39, 0.29) is 11.8 Å². The van der Waals surface area contributed by atoms with E-state index in [4.69, 9.17) is 11.5 Å². The van der Waals surface area contributed by atoms with Crippen LogP contribution < -0.4 is 22.1 Å². The molecule has 0 saturated heterocycles. The highest BCUT2D eigenvalue weighted by atomic mass is 16.2. The van der Waals surface area contributed by atoms with Crippen LogP contribution in [0.25, 0.3) is 0 Å². The molecule has 2 amide bonds. The molecule has 6 heteroatoms. The van der Waals surface area contributed by atoms with Crippen LogP contribution in [0.5, 0.6) is 0 Å². The van der Waals surface area contributed by atoms with E-state index < -0.39 is 11.3 Å². The van der Waals surface area contributed by atoms with Gasteiger partial charge in [0.25, 0.3) is 11.8 Å². The van der Waals surface area contributed by atoms with Crippen molar-refractivity contribution >= 4 is 11.8 Å². The zero-order valence-corrected chi connectivity index (χ0v) is 18.3. The molecule has 6 N–H and O–H groups in total. The molecule has 0 aromatic heterocycles. The lowest BCUT2D eigenvalue weighted by atomic mass is 9.90. The summed E-state index contributed by atoms with van der Waals surface area (Å²) in [6.07, 6.45) is 13.4. The number of hydrogen-bond acceptors (Lipinski definition) is 4. The lowest BCUT2D eigenvalue weighted by Crippen LogP contribution is -2.54. The van der Waals surface area contributed by atoms with Crippen LogP contribution in [-0.4, -0.2) is 23.1 Å². The summed E-state index contributed by atoms with van der Waals surface area (Å²) < 4.78 is 0. The first-order valence-corrected chi connectivity index (χ1v) is 10.9. The normalized spacial score (nSPS) is 23.9. The number of carbonyl (C=O) groups excluding carboxylic acids is 2. The molecular weight excluding hydrogens is 412 g/mol. The van der Waals surface area contributed by atoms with E-state index in [2.05, 4.69) is 10.6 Å². The third-order valence-corrected chi connectivity index (χ3v) is 5.77. The molecule has 0 bridgehead atoms. The first-order valence-electron chi connectivity index (χ1n) is 10.9. The number of carbonyl (C=O) groups is 2. The number of amides is 2. The van der Waals surface area contributed by atoms with E-state index in [1.807, 2.05) is 72.9 Å². The van der Waals surface area contributed by atoms with Crippen LogP contribution in [0.15, 0.2) is 108 Å². The summed E-state index contributed by atoms with van der Waals surface area (Å²) >= 11 is 0. The molecule has 0 spiro atoms. The molecule has 2 aromatic rings. The van der Waals surface area contributed by atoms with Crippen molar-refractivity contribution in [2.75, 3.05) is 0 Å². The van der Waals surface area contributed by atoms with Crippen LogP contribution >= 0.6 is 0 Å². The fourth-order valence-electron chi connectivity index (χ4n) is 3.81. The molecule has 2 atom stereocenters. The van der Waals surface area contributed by atoms with Gasteiger partial charge in [0.2, 0.25) is 0 Å². The molecule has 2 aliphatic rings. The third kappa shape index (κ3) is 5.74. The van der Waals surface area contributed by atoms with Crippen molar-refractivity contribution in [3.05, 3.63) is 119 Å². The molecule has 0 radical (unpaired) electrons. The lowest BCUT2D eigenvalue weighted by molar-refractivity contribution is 0.0910. The summed E-state index contributed by atoms with van der Waals surface area (Å²) in [7, 11) is 0. The highest BCUT2D eigenvalue weighted by molar-refractivity contribution is 5.95. The van der Waals surface area contributed by atoms with Crippen molar-refractivity contribution in [3.8, 4) is 0 Å². The van der Waals surface area contributed by atoms with Crippen LogP contribution in [0.3, 0.4) is 0 Å². The van der Waals surface area contributed by atoms with Gasteiger partial charge >= 0.3 is 0 Å². The number of benzene rings is 2. The van der Waals surface area contributed by atoms with Gasteiger partial charge in [0, 0.05) is 24.0 Å². The standard InChI is InChI=1S/C27H28N4O2/c28-26(30-24(32)22-7-3-1-4-8-22)15-11-20(12-16-26)19-21-13-17-27(29,18-14-21)31-25(33)23-9-5-2-6-10-23/h1-15,17H,16,18-19,28-29H2,(H,30,32)(H,31,33). The SMILES string of the molecule is NC1(NC(=O)c2ccccc2)C=CC(CC2=CCC(N)(NC(=O)c3ccccc3)C=C2)=CC1. The first-order chi connectivity index (χ1) is 15.8. The van der Waals surface area contributed by atoms with Gasteiger partial charge in [0.1, 0.15) is 11.3 Å². The second-order valence-electron chi connectivity index (χ2n) is 8.53. The Hall–Kier alpha value is -3.74. The van der Waals surface area contributed by atoms with Gasteiger partial charge in [-0.2, -0.15) is 0 Å². The highest BCUT2D eigenvalue weighted by Gasteiger charge is 2.28. The molecule has 0 saturated carbocycles. The van der Waals surface area contributed by atoms with Gasteiger partial charge < -0.3 is 22.1 Å². The highest BCUT2D eigenvalue weighted by Crippen LogP contribution is 2.26. The number of nitrogens with one attached hydrogen (secondary N) is 2. The number of rotatable bonds is 6. The van der Waals surface area contributed by atoms with Crippen LogP contribution in [0.4, 0.5) is 0 Å². The molecule has 2 aliphatic carbocycles. The Bertz CT molecular complexity index is 1060. The van der Waals surface area contributed by atoms with Crippen molar-refractivity contribution in [3.63, 3.8) is 0 Å². The van der Waals surface area contributed by atoms with Gasteiger partial charge in [0.15, 0.2) is 0 Å². The Morgan fingerprint density at radius 3 is 1.42 bits per heavy atom. The minimum Gasteiger partial charge on any atom is -0.330 e. The molecule has 4 rings (SSSR count). The Kier molecular flexibility index (Phi) is 6.40. The zero-order valence-electron chi connectivity index (χ0n) is 18.3. The molecular formula is C27H28N4O2. The summed E-state index contributed by atoms with van der Waals surface area (Å²) in [6.45, 7) is 0. The van der Waals surface area contributed by atoms with Gasteiger partial charge in [0.05, 0.1) is 0 Å². The predicted octanol–water partition coefficient (Wildman–Crippen LogP) is 3.32. The zero-order chi connectivity index (χ0) is 23.3. The summed E-state index contributed by atoms with van der Waals surface area (Å²) in [5.74, 6) is -0.399. The van der Waals surface area contributed by atoms with Crippen molar-refractivity contribution in [2.24, 2.45) is 11.5 Å². The summed E-state index contributed by atoms with van der Waals surface area (Å²) in [5, 5.41) is 5.80. The number of nitrogens with two attached hydrogens (primary N) is 2. The molecule has 6 nitrogen and oxygen atoms in total. The predicted molar refractivity (Wildman–Crippen MR) is 130 cm³/mol. The third-order valence-electron chi connectivity index (χ3n) is 5.77. The van der Waals surface area contributed by atoms with E-state index in [9.17, 15) is 9.59 Å². The summed E-state index contributed by atoms with van der Waals surface area (Å²) in [6, 6.07) is 18.0. The Balaban J connectivity index is 1.31. The Labute approximate surface area is 193 Å². The molecule has 33 heavy (non-hydrogen) atoms. The average molecular weight is 441 g/mol. The first kappa shape index (κ1) is 22.5. The molecule has 2 aromatic carbocycles. The van der Waals surface area contributed by atoms with Crippen molar-refractivity contribution < 1.29 is 9.59 Å². The second kappa shape index (κ2) is 9.40. The van der Waals surface area contributed by atoms with Crippen LogP contribution in [0.1, 0.15) is 40.0 Å². The van der Waals surface area contributed by atoms with E-state index in [1.54, 1.807) is 24.3 Å². The minimum atomic E-state index is -0.915. The quantitative estimate of drug-likeness (QED) is 0.517. The van der Waals surface area contributed by atoms with Crippen molar-refractivity contribution in [1.29, 1.82) is 0 Å². The van der Waals surface area contributed by atoms with Crippen LogP contribution in [-0.2, 0) is 0 Å².